The van der Waals surface area contributed by atoms with E-state index in [9.17, 15) is 0 Å². The molecule has 0 aliphatic carbocycles. The smallest absolute Gasteiger partial charge is 0.0778 e. The Labute approximate surface area is 158 Å². The lowest BCUT2D eigenvalue weighted by Crippen LogP contribution is -2.02. The number of rotatable bonds is 3. The van der Waals surface area contributed by atoms with Gasteiger partial charge in [-0.1, -0.05) is 69.6 Å². The van der Waals surface area contributed by atoms with Crippen molar-refractivity contribution >= 4 is 81.3 Å². The quantitative estimate of drug-likeness (QED) is 0.419. The molecule has 0 spiro atoms. The number of halogens is 6. The predicted molar refractivity (Wildman–Crippen MR) is 99.9 cm³/mol. The van der Waals surface area contributed by atoms with E-state index >= 15 is 0 Å². The van der Waals surface area contributed by atoms with Crippen LogP contribution < -0.4 is 5.73 Å². The van der Waals surface area contributed by atoms with Gasteiger partial charge in [0.2, 0.25) is 0 Å². The van der Waals surface area contributed by atoms with Crippen LogP contribution in [0.15, 0.2) is 24.3 Å². The highest BCUT2D eigenvalue weighted by molar-refractivity contribution is 6.48. The summed E-state index contributed by atoms with van der Waals surface area (Å²) in [6.45, 7) is 0.270. The average Bonchev–Trinajstić information content (AvgIpc) is 2.47. The van der Waals surface area contributed by atoms with Crippen LogP contribution in [0.3, 0.4) is 0 Å². The van der Waals surface area contributed by atoms with Crippen LogP contribution in [0.4, 0.5) is 0 Å². The van der Waals surface area contributed by atoms with Crippen LogP contribution in [0.25, 0.3) is 11.6 Å². The minimum Gasteiger partial charge on any atom is -0.326 e. The number of nitrogens with two attached hydrogens (primary N) is 1. The highest BCUT2D eigenvalue weighted by Crippen LogP contribution is 2.35. The minimum absolute atomic E-state index is 0.270. The molecular weight excluding hydrogens is 407 g/mol. The fourth-order valence-electron chi connectivity index (χ4n) is 1.86. The van der Waals surface area contributed by atoms with Crippen molar-refractivity contribution in [3.05, 3.63) is 65.5 Å². The molecule has 0 amide bonds. The molecule has 0 bridgehead atoms. The molecule has 0 saturated heterocycles. The predicted octanol–water partition coefficient (Wildman–Crippen LogP) is 7.11. The average molecular weight is 416 g/mol. The zero-order valence-electron chi connectivity index (χ0n) is 10.9. The van der Waals surface area contributed by atoms with Gasteiger partial charge in [0.1, 0.15) is 0 Å². The summed E-state index contributed by atoms with van der Waals surface area (Å²) in [5.74, 6) is 0. The molecule has 0 heterocycles. The van der Waals surface area contributed by atoms with Crippen molar-refractivity contribution in [3.63, 3.8) is 0 Å². The van der Waals surface area contributed by atoms with Crippen LogP contribution in [-0.4, -0.2) is 6.54 Å². The molecule has 1 nitrogen and oxygen atoms in total. The van der Waals surface area contributed by atoms with Crippen LogP contribution in [0.5, 0.6) is 0 Å². The largest absolute Gasteiger partial charge is 0.326 e. The molecular formula is C15H9Cl6N. The Kier molecular flexibility index (Phi) is 6.32. The van der Waals surface area contributed by atoms with Gasteiger partial charge in [0, 0.05) is 6.54 Å². The normalized spacial score (nSPS) is 11.9. The Morgan fingerprint density at radius 3 is 1.59 bits per heavy atom. The Morgan fingerprint density at radius 2 is 1.18 bits per heavy atom. The summed E-state index contributed by atoms with van der Waals surface area (Å²) in [7, 11) is 0. The van der Waals surface area contributed by atoms with Crippen LogP contribution in [0, 0.1) is 0 Å². The summed E-state index contributed by atoms with van der Waals surface area (Å²) in [6.07, 6.45) is 1.84. The molecule has 0 fully saturated rings. The third kappa shape index (κ3) is 4.04. The van der Waals surface area contributed by atoms with Gasteiger partial charge in [-0.05, 0) is 47.0 Å². The van der Waals surface area contributed by atoms with E-state index in [-0.39, 0.29) is 6.54 Å². The molecule has 0 aromatic heterocycles. The summed E-state index contributed by atoms with van der Waals surface area (Å²) in [5, 5.41) is 2.06. The van der Waals surface area contributed by atoms with E-state index in [2.05, 4.69) is 0 Å². The fourth-order valence-corrected chi connectivity index (χ4v) is 3.07. The Morgan fingerprint density at radius 1 is 0.773 bits per heavy atom. The van der Waals surface area contributed by atoms with Crippen molar-refractivity contribution in [2.45, 2.75) is 0 Å². The minimum atomic E-state index is 0.270. The zero-order chi connectivity index (χ0) is 16.4. The Balaban J connectivity index is 2.52. The summed E-state index contributed by atoms with van der Waals surface area (Å²) in [4.78, 5) is 0. The van der Waals surface area contributed by atoms with E-state index in [1.54, 1.807) is 24.3 Å². The summed E-state index contributed by atoms with van der Waals surface area (Å²) in [6, 6.07) is 6.80. The molecule has 7 heteroatoms. The van der Waals surface area contributed by atoms with Crippen molar-refractivity contribution in [2.24, 2.45) is 5.73 Å². The molecule has 2 aromatic carbocycles. The standard InChI is InChI=1S/C15H9Cl6N/c16-10-2-7(3-11(17)14(10)20)1-9(6-22)8-4-12(18)15(21)13(19)5-8/h1-5H,6,22H2/b9-1+. The van der Waals surface area contributed by atoms with E-state index < -0.39 is 0 Å². The lowest BCUT2D eigenvalue weighted by atomic mass is 10.0. The van der Waals surface area contributed by atoms with Gasteiger partial charge in [-0.2, -0.15) is 0 Å². The van der Waals surface area contributed by atoms with Crippen molar-refractivity contribution in [1.82, 2.24) is 0 Å². The lowest BCUT2D eigenvalue weighted by Gasteiger charge is -2.09. The monoisotopic (exact) mass is 413 g/mol. The Bertz CT molecular complexity index is 708. The van der Waals surface area contributed by atoms with Gasteiger partial charge in [0.15, 0.2) is 0 Å². The van der Waals surface area contributed by atoms with Crippen molar-refractivity contribution in [1.29, 1.82) is 0 Å². The van der Waals surface area contributed by atoms with Gasteiger partial charge in [0.05, 0.1) is 30.1 Å². The summed E-state index contributed by atoms with van der Waals surface area (Å²) >= 11 is 36.0. The van der Waals surface area contributed by atoms with E-state index in [0.717, 1.165) is 16.7 Å². The maximum atomic E-state index is 6.05. The second-order valence-electron chi connectivity index (χ2n) is 4.43. The third-order valence-corrected chi connectivity index (χ3v) is 5.32. The van der Waals surface area contributed by atoms with Crippen molar-refractivity contribution in [2.75, 3.05) is 6.54 Å². The van der Waals surface area contributed by atoms with Crippen molar-refractivity contribution < 1.29 is 0 Å². The second kappa shape index (κ2) is 7.63. The molecule has 0 unspecified atom stereocenters. The number of hydrogen-bond donors (Lipinski definition) is 1. The lowest BCUT2D eigenvalue weighted by molar-refractivity contribution is 1.27. The highest BCUT2D eigenvalue weighted by atomic mass is 35.5. The van der Waals surface area contributed by atoms with Gasteiger partial charge >= 0.3 is 0 Å². The maximum Gasteiger partial charge on any atom is 0.0778 e. The van der Waals surface area contributed by atoms with Crippen LogP contribution in [-0.2, 0) is 0 Å². The first kappa shape index (κ1) is 18.2. The first-order chi connectivity index (χ1) is 10.3. The first-order valence-electron chi connectivity index (χ1n) is 6.03. The van der Waals surface area contributed by atoms with E-state index in [1.807, 2.05) is 6.08 Å². The topological polar surface area (TPSA) is 26.0 Å². The van der Waals surface area contributed by atoms with Crippen LogP contribution in [0.1, 0.15) is 11.1 Å². The van der Waals surface area contributed by atoms with Gasteiger partial charge in [-0.15, -0.1) is 0 Å². The molecule has 0 saturated carbocycles. The van der Waals surface area contributed by atoms with E-state index in [1.165, 1.54) is 0 Å². The number of benzene rings is 2. The molecule has 0 aliphatic heterocycles. The highest BCUT2D eigenvalue weighted by Gasteiger charge is 2.10. The molecule has 0 atom stereocenters. The van der Waals surface area contributed by atoms with Crippen LogP contribution in [0.2, 0.25) is 30.1 Å². The van der Waals surface area contributed by atoms with Gasteiger partial charge in [0.25, 0.3) is 0 Å². The summed E-state index contributed by atoms with van der Waals surface area (Å²) in [5.41, 5.74) is 8.15. The van der Waals surface area contributed by atoms with E-state index in [0.29, 0.717) is 30.1 Å². The fraction of sp³-hybridized carbons (Fsp3) is 0.0667. The van der Waals surface area contributed by atoms with Gasteiger partial charge in [-0.25, -0.2) is 0 Å². The molecule has 22 heavy (non-hydrogen) atoms. The van der Waals surface area contributed by atoms with Gasteiger partial charge < -0.3 is 5.73 Å². The molecule has 0 aliphatic rings. The molecule has 2 N–H and O–H groups in total. The van der Waals surface area contributed by atoms with Crippen LogP contribution >= 0.6 is 69.6 Å². The van der Waals surface area contributed by atoms with Crippen molar-refractivity contribution in [3.8, 4) is 0 Å². The number of hydrogen-bond acceptors (Lipinski definition) is 1. The zero-order valence-corrected chi connectivity index (χ0v) is 15.5. The first-order valence-corrected chi connectivity index (χ1v) is 8.30. The maximum absolute atomic E-state index is 6.05. The molecule has 2 aromatic rings. The third-order valence-electron chi connectivity index (χ3n) is 2.92. The van der Waals surface area contributed by atoms with E-state index in [4.69, 9.17) is 75.3 Å². The molecule has 2 rings (SSSR count). The second-order valence-corrected chi connectivity index (χ2v) is 6.81. The molecule has 0 radical (unpaired) electrons. The Hall–Kier alpha value is -0.120. The SMILES string of the molecule is NC/C(=C\c1cc(Cl)c(Cl)c(Cl)c1)c1cc(Cl)c(Cl)c(Cl)c1. The molecule has 116 valence electrons. The summed E-state index contributed by atoms with van der Waals surface area (Å²) < 4.78 is 0. The van der Waals surface area contributed by atoms with Gasteiger partial charge in [-0.3, -0.25) is 0 Å².